The van der Waals surface area contributed by atoms with Gasteiger partial charge in [-0.05, 0) is 26.2 Å². The molecule has 1 aromatic carbocycles. The van der Waals surface area contributed by atoms with Crippen LogP contribution < -0.4 is 0 Å². The van der Waals surface area contributed by atoms with Gasteiger partial charge in [0.15, 0.2) is 5.78 Å². The lowest BCUT2D eigenvalue weighted by Gasteiger charge is -1.98. The molecule has 0 fully saturated rings. The van der Waals surface area contributed by atoms with Crippen LogP contribution in [0.3, 0.4) is 0 Å². The normalized spacial score (nSPS) is 9.47. The van der Waals surface area contributed by atoms with E-state index in [0.29, 0.717) is 11.7 Å². The highest BCUT2D eigenvalue weighted by Gasteiger charge is 1.95. The average Bonchev–Trinajstić information content (AvgIpc) is 2.28. The molecule has 0 aromatic heterocycles. The van der Waals surface area contributed by atoms with E-state index >= 15 is 0 Å². The molecule has 0 radical (unpaired) electrons. The average molecular weight is 234 g/mol. The zero-order valence-corrected chi connectivity index (χ0v) is 11.2. The van der Waals surface area contributed by atoms with Crippen LogP contribution in [0.5, 0.6) is 0 Å². The zero-order chi connectivity index (χ0) is 13.3. The first kappa shape index (κ1) is 15.6. The predicted molar refractivity (Wildman–Crippen MR) is 71.2 cm³/mol. The zero-order valence-electron chi connectivity index (χ0n) is 11.2. The maximum atomic E-state index is 10.6. The Morgan fingerprint density at radius 1 is 1.06 bits per heavy atom. The number of carbonyl (C=O) groups is 2. The molecular formula is C15H22O2. The van der Waals surface area contributed by atoms with Gasteiger partial charge in [0, 0.05) is 12.0 Å². The Kier molecular flexibility index (Phi) is 7.95. The fourth-order valence-corrected chi connectivity index (χ4v) is 1.16. The Hall–Kier alpha value is -1.44. The van der Waals surface area contributed by atoms with Crippen molar-refractivity contribution in [3.8, 4) is 0 Å². The van der Waals surface area contributed by atoms with Crippen molar-refractivity contribution in [1.82, 2.24) is 0 Å². The van der Waals surface area contributed by atoms with Crippen molar-refractivity contribution in [2.24, 2.45) is 5.92 Å². The Balaban J connectivity index is 0.000000304. The summed E-state index contributed by atoms with van der Waals surface area (Å²) in [4.78, 5) is 21.0. The van der Waals surface area contributed by atoms with Crippen LogP contribution in [0.15, 0.2) is 30.3 Å². The van der Waals surface area contributed by atoms with Gasteiger partial charge in [-0.25, -0.2) is 0 Å². The van der Waals surface area contributed by atoms with Crippen LogP contribution in [0.2, 0.25) is 0 Å². The molecule has 0 amide bonds. The van der Waals surface area contributed by atoms with Gasteiger partial charge in [-0.3, -0.25) is 4.79 Å². The van der Waals surface area contributed by atoms with Crippen molar-refractivity contribution < 1.29 is 9.59 Å². The molecule has 0 atom stereocenters. The summed E-state index contributed by atoms with van der Waals surface area (Å²) in [6, 6.07) is 9.23. The topological polar surface area (TPSA) is 34.1 Å². The lowest BCUT2D eigenvalue weighted by atomic mass is 10.1. The molecule has 17 heavy (non-hydrogen) atoms. The highest BCUT2D eigenvalue weighted by molar-refractivity contribution is 5.93. The first-order chi connectivity index (χ1) is 7.93. The van der Waals surface area contributed by atoms with Gasteiger partial charge in [0.2, 0.25) is 0 Å². The highest BCUT2D eigenvalue weighted by atomic mass is 16.1. The van der Waals surface area contributed by atoms with Gasteiger partial charge in [-0.1, -0.05) is 44.2 Å². The third kappa shape index (κ3) is 9.49. The van der Waals surface area contributed by atoms with Gasteiger partial charge in [-0.2, -0.15) is 0 Å². The van der Waals surface area contributed by atoms with E-state index in [4.69, 9.17) is 0 Å². The van der Waals surface area contributed by atoms with E-state index in [-0.39, 0.29) is 5.78 Å². The minimum Gasteiger partial charge on any atom is -0.300 e. The van der Waals surface area contributed by atoms with Crippen LogP contribution >= 0.6 is 0 Å². The number of hydrogen-bond acceptors (Lipinski definition) is 2. The summed E-state index contributed by atoms with van der Waals surface area (Å²) < 4.78 is 0. The number of Topliss-reactive ketones (excluding diaryl/α,β-unsaturated/α-hetero) is 2. The van der Waals surface area contributed by atoms with Gasteiger partial charge in [0.1, 0.15) is 5.78 Å². The molecule has 0 aliphatic rings. The smallest absolute Gasteiger partial charge is 0.159 e. The molecule has 0 unspecified atom stereocenters. The van der Waals surface area contributed by atoms with Crippen molar-refractivity contribution in [3.63, 3.8) is 0 Å². The second-order valence-corrected chi connectivity index (χ2v) is 4.56. The molecule has 0 aliphatic heterocycles. The molecular weight excluding hydrogens is 212 g/mol. The Morgan fingerprint density at radius 3 is 1.82 bits per heavy atom. The van der Waals surface area contributed by atoms with Crippen LogP contribution in [-0.4, -0.2) is 11.6 Å². The molecule has 0 N–H and O–H groups in total. The van der Waals surface area contributed by atoms with Crippen LogP contribution in [-0.2, 0) is 4.79 Å². The van der Waals surface area contributed by atoms with Crippen LogP contribution in [0.25, 0.3) is 0 Å². The Bertz CT molecular complexity index is 339. The van der Waals surface area contributed by atoms with Crippen molar-refractivity contribution in [3.05, 3.63) is 35.9 Å². The van der Waals surface area contributed by atoms with E-state index in [1.165, 1.54) is 0 Å². The molecule has 0 saturated heterocycles. The summed E-state index contributed by atoms with van der Waals surface area (Å²) in [6.07, 6.45) is 1.78. The van der Waals surface area contributed by atoms with Gasteiger partial charge >= 0.3 is 0 Å². The Morgan fingerprint density at radius 2 is 1.59 bits per heavy atom. The van der Waals surface area contributed by atoms with Gasteiger partial charge < -0.3 is 4.79 Å². The van der Waals surface area contributed by atoms with Crippen molar-refractivity contribution in [2.45, 2.75) is 40.5 Å². The maximum Gasteiger partial charge on any atom is 0.159 e. The second-order valence-electron chi connectivity index (χ2n) is 4.56. The summed E-state index contributed by atoms with van der Waals surface area (Å²) in [6.45, 7) is 7.46. The van der Waals surface area contributed by atoms with E-state index in [2.05, 4.69) is 13.8 Å². The molecule has 0 heterocycles. The molecule has 1 rings (SSSR count). The van der Waals surface area contributed by atoms with Crippen molar-refractivity contribution in [2.75, 3.05) is 0 Å². The Labute approximate surface area is 104 Å². The summed E-state index contributed by atoms with van der Waals surface area (Å²) >= 11 is 0. The molecule has 1 aromatic rings. The number of hydrogen-bond donors (Lipinski definition) is 0. The van der Waals surface area contributed by atoms with E-state index in [1.54, 1.807) is 13.8 Å². The van der Waals surface area contributed by atoms with Crippen LogP contribution in [0, 0.1) is 5.92 Å². The summed E-state index contributed by atoms with van der Waals surface area (Å²) in [5, 5.41) is 0. The molecule has 0 spiro atoms. The van der Waals surface area contributed by atoms with E-state index in [1.807, 2.05) is 30.3 Å². The van der Waals surface area contributed by atoms with Crippen LogP contribution in [0.1, 0.15) is 50.9 Å². The largest absolute Gasteiger partial charge is 0.300 e. The molecule has 94 valence electrons. The van der Waals surface area contributed by atoms with Crippen LogP contribution in [0.4, 0.5) is 0 Å². The fraction of sp³-hybridized carbons (Fsp3) is 0.467. The molecule has 0 aliphatic carbocycles. The highest BCUT2D eigenvalue weighted by Crippen LogP contribution is 2.02. The standard InChI is InChI=1S/C8H8O.C7H14O/c1-7(9)8-5-3-2-4-6-8;1-6(2)4-5-7(3)8/h2-6H,1H3;6H,4-5H2,1-3H3. The molecule has 0 bridgehead atoms. The number of benzene rings is 1. The third-order valence-electron chi connectivity index (χ3n) is 2.25. The lowest BCUT2D eigenvalue weighted by Crippen LogP contribution is -1.93. The maximum absolute atomic E-state index is 10.6. The first-order valence-electron chi connectivity index (χ1n) is 5.99. The minimum atomic E-state index is 0.121. The van der Waals surface area contributed by atoms with E-state index in [0.717, 1.165) is 18.4 Å². The number of rotatable bonds is 4. The van der Waals surface area contributed by atoms with Gasteiger partial charge in [0.25, 0.3) is 0 Å². The molecule has 2 heteroatoms. The van der Waals surface area contributed by atoms with Crippen molar-refractivity contribution >= 4 is 11.6 Å². The number of ketones is 2. The summed E-state index contributed by atoms with van der Waals surface area (Å²) in [5.74, 6) is 1.09. The second kappa shape index (κ2) is 8.68. The number of carbonyl (C=O) groups excluding carboxylic acids is 2. The predicted octanol–water partition coefficient (Wildman–Crippen LogP) is 3.90. The van der Waals surface area contributed by atoms with E-state index in [9.17, 15) is 9.59 Å². The van der Waals surface area contributed by atoms with Gasteiger partial charge in [-0.15, -0.1) is 0 Å². The van der Waals surface area contributed by atoms with E-state index < -0.39 is 0 Å². The monoisotopic (exact) mass is 234 g/mol. The molecule has 0 saturated carbocycles. The summed E-state index contributed by atoms with van der Waals surface area (Å²) in [5.41, 5.74) is 0.775. The van der Waals surface area contributed by atoms with Gasteiger partial charge in [0.05, 0.1) is 0 Å². The third-order valence-corrected chi connectivity index (χ3v) is 2.25. The van der Waals surface area contributed by atoms with Crippen molar-refractivity contribution in [1.29, 1.82) is 0 Å². The molecule has 2 nitrogen and oxygen atoms in total. The summed E-state index contributed by atoms with van der Waals surface area (Å²) in [7, 11) is 0. The lowest BCUT2D eigenvalue weighted by molar-refractivity contribution is -0.117. The quantitative estimate of drug-likeness (QED) is 0.740. The SMILES string of the molecule is CC(=O)CCC(C)C.CC(=O)c1ccccc1. The minimum absolute atomic E-state index is 0.121. The fourth-order valence-electron chi connectivity index (χ4n) is 1.16. The first-order valence-corrected chi connectivity index (χ1v) is 5.99.